The Morgan fingerprint density at radius 3 is 2.61 bits per heavy atom. The van der Waals surface area contributed by atoms with Gasteiger partial charge in [-0.3, -0.25) is 0 Å². The Bertz CT molecular complexity index is 494. The van der Waals surface area contributed by atoms with E-state index in [1.165, 1.54) is 9.35 Å². The molecule has 2 nitrogen and oxygen atoms in total. The Kier molecular flexibility index (Phi) is 4.56. The van der Waals surface area contributed by atoms with Crippen LogP contribution in [0.4, 0.5) is 0 Å². The van der Waals surface area contributed by atoms with Crippen LogP contribution in [0.1, 0.15) is 17.4 Å². The minimum absolute atomic E-state index is 0.342. The molecule has 96 valence electrons. The van der Waals surface area contributed by atoms with Crippen LogP contribution in [0.5, 0.6) is 0 Å². The summed E-state index contributed by atoms with van der Waals surface area (Å²) < 4.78 is 1.17. The Morgan fingerprint density at radius 1 is 1.28 bits per heavy atom. The summed E-state index contributed by atoms with van der Waals surface area (Å²) >= 11 is 5.28. The zero-order valence-electron chi connectivity index (χ0n) is 10.3. The van der Waals surface area contributed by atoms with Crippen LogP contribution in [0.25, 0.3) is 0 Å². The summed E-state index contributed by atoms with van der Waals surface area (Å²) in [5.41, 5.74) is 7.16. The summed E-state index contributed by atoms with van der Waals surface area (Å²) in [5, 5.41) is 5.51. The fourth-order valence-corrected chi connectivity index (χ4v) is 3.27. The predicted molar refractivity (Wildman–Crippen MR) is 81.7 cm³/mol. The molecule has 0 fully saturated rings. The van der Waals surface area contributed by atoms with Gasteiger partial charge in [-0.25, -0.2) is 0 Å². The van der Waals surface area contributed by atoms with Crippen LogP contribution in [-0.4, -0.2) is 6.54 Å². The fraction of sp³-hybridized carbons (Fsp3) is 0.286. The van der Waals surface area contributed by atoms with Crippen LogP contribution in [0.3, 0.4) is 0 Å². The largest absolute Gasteiger partial charge is 0.321 e. The zero-order chi connectivity index (χ0) is 13.0. The monoisotopic (exact) mass is 324 g/mol. The SMILES string of the molecule is CC(N)(CNCc1sccc1Br)c1ccccc1. The topological polar surface area (TPSA) is 38.0 Å². The third-order valence-corrected chi connectivity index (χ3v) is 4.83. The fourth-order valence-electron chi connectivity index (χ4n) is 1.81. The average molecular weight is 325 g/mol. The van der Waals surface area contributed by atoms with Crippen LogP contribution < -0.4 is 11.1 Å². The lowest BCUT2D eigenvalue weighted by Crippen LogP contribution is -2.43. The van der Waals surface area contributed by atoms with E-state index in [1.54, 1.807) is 11.3 Å². The first-order chi connectivity index (χ1) is 8.59. The van der Waals surface area contributed by atoms with E-state index in [2.05, 4.69) is 51.7 Å². The highest BCUT2D eigenvalue weighted by molar-refractivity contribution is 9.10. The molecule has 2 rings (SSSR count). The van der Waals surface area contributed by atoms with Crippen molar-refractivity contribution < 1.29 is 0 Å². The van der Waals surface area contributed by atoms with Crippen molar-refractivity contribution in [1.29, 1.82) is 0 Å². The van der Waals surface area contributed by atoms with Gasteiger partial charge in [0.25, 0.3) is 0 Å². The van der Waals surface area contributed by atoms with Crippen molar-refractivity contribution in [2.75, 3.05) is 6.54 Å². The number of nitrogens with one attached hydrogen (secondary N) is 1. The van der Waals surface area contributed by atoms with E-state index in [1.807, 2.05) is 18.2 Å². The molecule has 0 saturated carbocycles. The third kappa shape index (κ3) is 3.42. The van der Waals surface area contributed by atoms with E-state index in [0.29, 0.717) is 0 Å². The molecule has 2 aromatic rings. The lowest BCUT2D eigenvalue weighted by Gasteiger charge is -2.25. The molecule has 1 atom stereocenters. The van der Waals surface area contributed by atoms with Gasteiger partial charge < -0.3 is 11.1 Å². The van der Waals surface area contributed by atoms with E-state index in [-0.39, 0.29) is 5.54 Å². The average Bonchev–Trinajstić information content (AvgIpc) is 2.76. The van der Waals surface area contributed by atoms with Crippen molar-refractivity contribution in [3.8, 4) is 0 Å². The quantitative estimate of drug-likeness (QED) is 0.883. The summed E-state index contributed by atoms with van der Waals surface area (Å²) in [6, 6.07) is 12.3. The molecule has 0 saturated heterocycles. The molecule has 0 bridgehead atoms. The molecule has 1 unspecified atom stereocenters. The van der Waals surface area contributed by atoms with Gasteiger partial charge in [0, 0.05) is 22.4 Å². The molecule has 0 spiro atoms. The molecule has 1 heterocycles. The highest BCUT2D eigenvalue weighted by Gasteiger charge is 2.20. The maximum atomic E-state index is 6.34. The van der Waals surface area contributed by atoms with E-state index in [9.17, 15) is 0 Å². The first kappa shape index (κ1) is 13.7. The van der Waals surface area contributed by atoms with Gasteiger partial charge >= 0.3 is 0 Å². The van der Waals surface area contributed by atoms with Crippen molar-refractivity contribution in [3.63, 3.8) is 0 Å². The second kappa shape index (κ2) is 5.97. The molecule has 4 heteroatoms. The highest BCUT2D eigenvalue weighted by Crippen LogP contribution is 2.22. The lowest BCUT2D eigenvalue weighted by molar-refractivity contribution is 0.447. The highest BCUT2D eigenvalue weighted by atomic mass is 79.9. The van der Waals surface area contributed by atoms with Gasteiger partial charge in [0.1, 0.15) is 0 Å². The molecule has 0 aliphatic heterocycles. The Balaban J connectivity index is 1.92. The normalized spacial score (nSPS) is 14.4. The number of hydrogen-bond acceptors (Lipinski definition) is 3. The molecular formula is C14H17BrN2S. The number of thiophene rings is 1. The molecule has 1 aromatic heterocycles. The predicted octanol–water partition coefficient (Wildman–Crippen LogP) is 3.47. The Morgan fingerprint density at radius 2 is 2.00 bits per heavy atom. The number of benzene rings is 1. The zero-order valence-corrected chi connectivity index (χ0v) is 12.7. The molecule has 0 radical (unpaired) electrons. The van der Waals surface area contributed by atoms with Gasteiger partial charge in [0.05, 0.1) is 5.54 Å². The van der Waals surface area contributed by atoms with Gasteiger partial charge in [-0.05, 0) is 39.9 Å². The van der Waals surface area contributed by atoms with E-state index >= 15 is 0 Å². The first-order valence-electron chi connectivity index (χ1n) is 5.86. The summed E-state index contributed by atoms with van der Waals surface area (Å²) in [6.45, 7) is 3.65. The van der Waals surface area contributed by atoms with Crippen molar-refractivity contribution in [2.45, 2.75) is 19.0 Å². The standard InChI is InChI=1S/C14H17BrN2S/c1-14(16,11-5-3-2-4-6-11)10-17-9-13-12(15)7-8-18-13/h2-8,17H,9-10,16H2,1H3. The van der Waals surface area contributed by atoms with Gasteiger partial charge in [0.15, 0.2) is 0 Å². The summed E-state index contributed by atoms with van der Waals surface area (Å²) in [7, 11) is 0. The molecular weight excluding hydrogens is 308 g/mol. The van der Waals surface area contributed by atoms with Crippen molar-refractivity contribution in [2.24, 2.45) is 5.73 Å². The van der Waals surface area contributed by atoms with Crippen LogP contribution in [0, 0.1) is 0 Å². The maximum Gasteiger partial charge on any atom is 0.0507 e. The minimum Gasteiger partial charge on any atom is -0.321 e. The van der Waals surface area contributed by atoms with Crippen molar-refractivity contribution in [3.05, 3.63) is 56.7 Å². The van der Waals surface area contributed by atoms with Gasteiger partial charge in [-0.15, -0.1) is 11.3 Å². The van der Waals surface area contributed by atoms with Crippen LogP contribution in [0.15, 0.2) is 46.3 Å². The third-order valence-electron chi connectivity index (χ3n) is 2.90. The van der Waals surface area contributed by atoms with E-state index in [4.69, 9.17) is 5.73 Å². The number of nitrogens with two attached hydrogens (primary N) is 1. The number of hydrogen-bond donors (Lipinski definition) is 2. The molecule has 0 aliphatic rings. The summed E-state index contributed by atoms with van der Waals surface area (Å²) in [4.78, 5) is 1.30. The molecule has 3 N–H and O–H groups in total. The number of rotatable bonds is 5. The van der Waals surface area contributed by atoms with Crippen molar-refractivity contribution >= 4 is 27.3 Å². The molecule has 0 amide bonds. The van der Waals surface area contributed by atoms with Gasteiger partial charge in [-0.1, -0.05) is 30.3 Å². The first-order valence-corrected chi connectivity index (χ1v) is 7.54. The van der Waals surface area contributed by atoms with E-state index in [0.717, 1.165) is 18.7 Å². The summed E-state index contributed by atoms with van der Waals surface area (Å²) in [6.07, 6.45) is 0. The second-order valence-corrected chi connectivity index (χ2v) is 6.43. The Labute approximate surface area is 120 Å². The molecule has 18 heavy (non-hydrogen) atoms. The maximum absolute atomic E-state index is 6.34. The van der Waals surface area contributed by atoms with E-state index < -0.39 is 0 Å². The van der Waals surface area contributed by atoms with Crippen LogP contribution >= 0.6 is 27.3 Å². The second-order valence-electron chi connectivity index (χ2n) is 4.58. The van der Waals surface area contributed by atoms with Gasteiger partial charge in [-0.2, -0.15) is 0 Å². The van der Waals surface area contributed by atoms with Crippen LogP contribution in [0.2, 0.25) is 0 Å². The minimum atomic E-state index is -0.342. The summed E-state index contributed by atoms with van der Waals surface area (Å²) in [5.74, 6) is 0. The molecule has 1 aromatic carbocycles. The van der Waals surface area contributed by atoms with Crippen LogP contribution in [-0.2, 0) is 12.1 Å². The lowest BCUT2D eigenvalue weighted by atomic mass is 9.93. The number of halogens is 1. The molecule has 0 aliphatic carbocycles. The van der Waals surface area contributed by atoms with Crippen molar-refractivity contribution in [1.82, 2.24) is 5.32 Å². The smallest absolute Gasteiger partial charge is 0.0507 e. The van der Waals surface area contributed by atoms with Gasteiger partial charge in [0.2, 0.25) is 0 Å². The Hall–Kier alpha value is -0.680.